The molecule has 0 amide bonds. The number of carbonyl (C=O) groups is 1. The van der Waals surface area contributed by atoms with Gasteiger partial charge in [0.25, 0.3) is 5.56 Å². The minimum atomic E-state index is -0.222. The van der Waals surface area contributed by atoms with Crippen LogP contribution in [0.15, 0.2) is 29.1 Å². The van der Waals surface area contributed by atoms with E-state index in [1.807, 2.05) is 24.3 Å². The molecule has 1 aliphatic carbocycles. The lowest BCUT2D eigenvalue weighted by Crippen LogP contribution is -2.28. The minimum absolute atomic E-state index is 0.0320. The second kappa shape index (κ2) is 3.70. The molecular weight excluding hydrogens is 242 g/mol. The predicted octanol–water partition coefficient (Wildman–Crippen LogP) is 2.33. The summed E-state index contributed by atoms with van der Waals surface area (Å²) in [4.78, 5) is 27.0. The average Bonchev–Trinajstić information content (AvgIpc) is 3.22. The van der Waals surface area contributed by atoms with Gasteiger partial charge in [-0.25, -0.2) is 0 Å². The summed E-state index contributed by atoms with van der Waals surface area (Å²) in [5.74, 6) is 0.756. The zero-order chi connectivity index (χ0) is 13.0. The first-order valence-electron chi connectivity index (χ1n) is 6.59. The van der Waals surface area contributed by atoms with Gasteiger partial charge in [-0.05, 0) is 30.9 Å². The van der Waals surface area contributed by atoms with Crippen LogP contribution in [0.3, 0.4) is 0 Å². The lowest BCUT2D eigenvalue weighted by molar-refractivity contribution is -0.136. The molecule has 1 N–H and O–H groups in total. The summed E-state index contributed by atoms with van der Waals surface area (Å²) in [6.07, 6.45) is 2.53. The van der Waals surface area contributed by atoms with Crippen molar-refractivity contribution in [2.75, 3.05) is 0 Å². The number of hydrogen-bond donors (Lipinski definition) is 1. The first-order chi connectivity index (χ1) is 9.24. The molecule has 1 aromatic heterocycles. The molecule has 4 heteroatoms. The first kappa shape index (κ1) is 10.8. The maximum Gasteiger partial charge on any atom is 0.311 e. The molecule has 2 aliphatic rings. The number of H-pyrrole nitrogens is 1. The van der Waals surface area contributed by atoms with Gasteiger partial charge in [0.2, 0.25) is 0 Å². The molecule has 96 valence electrons. The monoisotopic (exact) mass is 255 g/mol. The van der Waals surface area contributed by atoms with Crippen LogP contribution < -0.4 is 10.3 Å². The van der Waals surface area contributed by atoms with Crippen LogP contribution in [0.1, 0.15) is 30.7 Å². The van der Waals surface area contributed by atoms with E-state index in [0.29, 0.717) is 23.7 Å². The quantitative estimate of drug-likeness (QED) is 0.795. The van der Waals surface area contributed by atoms with Gasteiger partial charge in [-0.15, -0.1) is 0 Å². The molecule has 0 spiro atoms. The molecule has 1 aromatic carbocycles. The van der Waals surface area contributed by atoms with Crippen molar-refractivity contribution in [1.82, 2.24) is 4.98 Å². The summed E-state index contributed by atoms with van der Waals surface area (Å²) >= 11 is 0. The maximum absolute atomic E-state index is 12.3. The van der Waals surface area contributed by atoms with Crippen molar-refractivity contribution in [1.29, 1.82) is 0 Å². The molecule has 0 radical (unpaired) electrons. The maximum atomic E-state index is 12.3. The Morgan fingerprint density at radius 2 is 1.95 bits per heavy atom. The van der Waals surface area contributed by atoms with Crippen molar-refractivity contribution >= 4 is 16.9 Å². The summed E-state index contributed by atoms with van der Waals surface area (Å²) in [6, 6.07) is 7.45. The van der Waals surface area contributed by atoms with E-state index in [1.54, 1.807) is 0 Å². The van der Waals surface area contributed by atoms with Crippen molar-refractivity contribution in [3.63, 3.8) is 0 Å². The summed E-state index contributed by atoms with van der Waals surface area (Å²) in [5.41, 5.74) is 1.27. The Hall–Kier alpha value is -2.10. The van der Waals surface area contributed by atoms with Gasteiger partial charge in [0, 0.05) is 11.3 Å². The summed E-state index contributed by atoms with van der Waals surface area (Å²) in [7, 11) is 0. The number of para-hydroxylation sites is 1. The number of esters is 1. The highest BCUT2D eigenvalue weighted by Gasteiger charge is 2.41. The number of rotatable bonds is 1. The highest BCUT2D eigenvalue weighted by Crippen LogP contribution is 2.49. The number of carbonyl (C=O) groups excluding carboxylic acids is 1. The van der Waals surface area contributed by atoms with Gasteiger partial charge in [0.1, 0.15) is 5.75 Å². The van der Waals surface area contributed by atoms with E-state index < -0.39 is 0 Å². The fraction of sp³-hybridized carbons (Fsp3) is 0.333. The molecule has 1 saturated carbocycles. The molecule has 4 nitrogen and oxygen atoms in total. The van der Waals surface area contributed by atoms with Crippen molar-refractivity contribution in [3.05, 3.63) is 40.2 Å². The van der Waals surface area contributed by atoms with Gasteiger partial charge in [0.05, 0.1) is 17.5 Å². The Balaban J connectivity index is 2.05. The van der Waals surface area contributed by atoms with Gasteiger partial charge >= 0.3 is 5.97 Å². The van der Waals surface area contributed by atoms with E-state index in [2.05, 4.69) is 4.98 Å². The molecule has 0 saturated heterocycles. The van der Waals surface area contributed by atoms with Crippen LogP contribution in [0.2, 0.25) is 0 Å². The van der Waals surface area contributed by atoms with Crippen LogP contribution in [-0.4, -0.2) is 11.0 Å². The normalized spacial score (nSPS) is 22.1. The number of pyridine rings is 1. The van der Waals surface area contributed by atoms with E-state index in [1.165, 1.54) is 0 Å². The summed E-state index contributed by atoms with van der Waals surface area (Å²) < 4.78 is 5.38. The average molecular weight is 255 g/mol. The van der Waals surface area contributed by atoms with Crippen LogP contribution in [-0.2, 0) is 4.79 Å². The SMILES string of the molecule is O=C1CC(C2CC2)c2c(c3ccccc3[nH]c2=O)O1. The second-order valence-corrected chi connectivity index (χ2v) is 5.36. The topological polar surface area (TPSA) is 59.2 Å². The van der Waals surface area contributed by atoms with Crippen molar-refractivity contribution in [2.45, 2.75) is 25.2 Å². The zero-order valence-electron chi connectivity index (χ0n) is 10.3. The van der Waals surface area contributed by atoms with E-state index in [-0.39, 0.29) is 17.4 Å². The number of ether oxygens (including phenoxy) is 1. The van der Waals surface area contributed by atoms with E-state index in [9.17, 15) is 9.59 Å². The zero-order valence-corrected chi connectivity index (χ0v) is 10.3. The molecule has 2 heterocycles. The van der Waals surface area contributed by atoms with E-state index >= 15 is 0 Å². The molecule has 1 fully saturated rings. The summed E-state index contributed by atoms with van der Waals surface area (Å²) in [6.45, 7) is 0. The molecule has 0 bridgehead atoms. The van der Waals surface area contributed by atoms with Gasteiger partial charge in [-0.3, -0.25) is 9.59 Å². The molecule has 1 aliphatic heterocycles. The van der Waals surface area contributed by atoms with Crippen LogP contribution in [0, 0.1) is 5.92 Å². The molecule has 19 heavy (non-hydrogen) atoms. The fourth-order valence-corrected chi connectivity index (χ4v) is 3.01. The Kier molecular flexibility index (Phi) is 2.10. The molecule has 4 rings (SSSR count). The minimum Gasteiger partial charge on any atom is -0.425 e. The number of aromatic amines is 1. The lowest BCUT2D eigenvalue weighted by atomic mass is 9.88. The largest absolute Gasteiger partial charge is 0.425 e. The number of aromatic nitrogens is 1. The van der Waals surface area contributed by atoms with Gasteiger partial charge < -0.3 is 9.72 Å². The van der Waals surface area contributed by atoms with Crippen molar-refractivity contribution in [2.24, 2.45) is 5.92 Å². The van der Waals surface area contributed by atoms with Crippen LogP contribution in [0.5, 0.6) is 5.75 Å². The van der Waals surface area contributed by atoms with Gasteiger partial charge in [0.15, 0.2) is 0 Å². The second-order valence-electron chi connectivity index (χ2n) is 5.36. The van der Waals surface area contributed by atoms with E-state index in [4.69, 9.17) is 4.74 Å². The Labute approximate surface area is 109 Å². The Morgan fingerprint density at radius 3 is 2.74 bits per heavy atom. The Bertz CT molecular complexity index is 743. The van der Waals surface area contributed by atoms with Crippen LogP contribution >= 0.6 is 0 Å². The van der Waals surface area contributed by atoms with Crippen molar-refractivity contribution in [3.8, 4) is 5.75 Å². The highest BCUT2D eigenvalue weighted by atomic mass is 16.5. The Morgan fingerprint density at radius 1 is 1.16 bits per heavy atom. The third-order valence-electron chi connectivity index (χ3n) is 4.07. The third-order valence-corrected chi connectivity index (χ3v) is 4.07. The fourth-order valence-electron chi connectivity index (χ4n) is 3.01. The van der Waals surface area contributed by atoms with Crippen molar-refractivity contribution < 1.29 is 9.53 Å². The van der Waals surface area contributed by atoms with E-state index in [0.717, 1.165) is 23.7 Å². The van der Waals surface area contributed by atoms with Gasteiger partial charge in [-0.1, -0.05) is 12.1 Å². The van der Waals surface area contributed by atoms with Crippen LogP contribution in [0.4, 0.5) is 0 Å². The smallest absolute Gasteiger partial charge is 0.311 e. The number of benzene rings is 1. The highest BCUT2D eigenvalue weighted by molar-refractivity contribution is 5.90. The standard InChI is InChI=1S/C15H13NO3/c17-12-7-10(8-5-6-8)13-14(19-12)9-3-1-2-4-11(9)16-15(13)18/h1-4,8,10H,5-7H2,(H,16,18). The molecular formula is C15H13NO3. The third kappa shape index (κ3) is 1.59. The molecule has 2 aromatic rings. The number of nitrogens with one attached hydrogen (secondary N) is 1. The lowest BCUT2D eigenvalue weighted by Gasteiger charge is -2.24. The predicted molar refractivity (Wildman–Crippen MR) is 70.3 cm³/mol. The number of hydrogen-bond acceptors (Lipinski definition) is 3. The first-order valence-corrected chi connectivity index (χ1v) is 6.59. The summed E-state index contributed by atoms with van der Waals surface area (Å²) in [5, 5.41) is 0.816. The molecule has 1 atom stereocenters. The van der Waals surface area contributed by atoms with Gasteiger partial charge in [-0.2, -0.15) is 0 Å². The number of fused-ring (bicyclic) bond motifs is 3. The van der Waals surface area contributed by atoms with Crippen LogP contribution in [0.25, 0.3) is 10.9 Å². The molecule has 1 unspecified atom stereocenters.